The van der Waals surface area contributed by atoms with Crippen LogP contribution in [0.15, 0.2) is 24.8 Å². The molecule has 8 nitrogen and oxygen atoms in total. The van der Waals surface area contributed by atoms with Gasteiger partial charge in [0.1, 0.15) is 17.7 Å². The first kappa shape index (κ1) is 16.9. The molecule has 0 bridgehead atoms. The van der Waals surface area contributed by atoms with Gasteiger partial charge >= 0.3 is 0 Å². The summed E-state index contributed by atoms with van der Waals surface area (Å²) >= 11 is 0. The van der Waals surface area contributed by atoms with Crippen LogP contribution in [0.1, 0.15) is 37.3 Å². The zero-order valence-corrected chi connectivity index (χ0v) is 14.4. The molecule has 0 aromatic carbocycles. The highest BCUT2D eigenvalue weighted by atomic mass is 16.2. The van der Waals surface area contributed by atoms with Crippen molar-refractivity contribution >= 4 is 11.7 Å². The van der Waals surface area contributed by atoms with E-state index in [0.717, 1.165) is 12.2 Å². The Hall–Kier alpha value is -2.95. The molecule has 3 heterocycles. The van der Waals surface area contributed by atoms with Crippen molar-refractivity contribution in [3.8, 4) is 6.07 Å². The minimum atomic E-state index is -0.0647. The fourth-order valence-corrected chi connectivity index (χ4v) is 3.33. The van der Waals surface area contributed by atoms with Crippen LogP contribution in [0.5, 0.6) is 0 Å². The molecule has 8 heteroatoms. The van der Waals surface area contributed by atoms with Crippen LogP contribution >= 0.6 is 0 Å². The number of nitrogens with one attached hydrogen (secondary N) is 1. The Labute approximate surface area is 146 Å². The van der Waals surface area contributed by atoms with Crippen LogP contribution in [-0.2, 0) is 11.8 Å². The van der Waals surface area contributed by atoms with Gasteiger partial charge in [-0.05, 0) is 13.3 Å². The van der Waals surface area contributed by atoms with Crippen molar-refractivity contribution < 1.29 is 4.79 Å². The molecule has 2 atom stereocenters. The third-order valence-corrected chi connectivity index (χ3v) is 4.61. The number of imidazole rings is 1. The van der Waals surface area contributed by atoms with Gasteiger partial charge in [0.2, 0.25) is 5.91 Å². The molecule has 0 radical (unpaired) electrons. The summed E-state index contributed by atoms with van der Waals surface area (Å²) in [6.07, 6.45) is 8.00. The number of nitrogens with zero attached hydrogens (tertiary/aromatic N) is 6. The minimum absolute atomic E-state index is 0.0647. The molecule has 2 aromatic heterocycles. The van der Waals surface area contributed by atoms with Crippen LogP contribution in [0, 0.1) is 17.2 Å². The lowest BCUT2D eigenvalue weighted by atomic mass is 9.87. The Bertz CT molecular complexity index is 777. The smallest absolute Gasteiger partial charge is 0.223 e. The topological polar surface area (TPSA) is 99.7 Å². The standard InChI is InChI=1S/C17H21N7O/c1-3-24-15(25)5-4-12(16(24)17-19-6-7-23(17)2)9-21-14-11-20-13(8-18)10-22-14/h6-7,10-12,16H,3-5,9H2,1-2H3,(H,21,22)/t12-,16+/m1/s1. The van der Waals surface area contributed by atoms with Crippen LogP contribution in [0.3, 0.4) is 0 Å². The molecule has 25 heavy (non-hydrogen) atoms. The highest BCUT2D eigenvalue weighted by Crippen LogP contribution is 2.35. The Morgan fingerprint density at radius 3 is 2.80 bits per heavy atom. The highest BCUT2D eigenvalue weighted by molar-refractivity contribution is 5.77. The van der Waals surface area contributed by atoms with E-state index in [-0.39, 0.29) is 23.6 Å². The Kier molecular flexibility index (Phi) is 4.93. The summed E-state index contributed by atoms with van der Waals surface area (Å²) < 4.78 is 1.97. The first-order valence-electron chi connectivity index (χ1n) is 8.36. The van der Waals surface area contributed by atoms with Gasteiger partial charge in [-0.2, -0.15) is 5.26 Å². The van der Waals surface area contributed by atoms with E-state index < -0.39 is 0 Å². The van der Waals surface area contributed by atoms with Gasteiger partial charge in [-0.15, -0.1) is 0 Å². The normalized spacial score (nSPS) is 20.4. The first-order chi connectivity index (χ1) is 12.1. The number of carbonyl (C=O) groups excluding carboxylic acids is 1. The quantitative estimate of drug-likeness (QED) is 0.886. The second kappa shape index (κ2) is 7.30. The predicted octanol–water partition coefficient (Wildman–Crippen LogP) is 1.49. The van der Waals surface area contributed by atoms with Crippen LogP contribution in [0.2, 0.25) is 0 Å². The van der Waals surface area contributed by atoms with Crippen molar-refractivity contribution in [2.45, 2.75) is 25.8 Å². The number of amides is 1. The number of nitriles is 1. The fraction of sp³-hybridized carbons (Fsp3) is 0.471. The van der Waals surface area contributed by atoms with Gasteiger partial charge in [-0.3, -0.25) is 4.79 Å². The molecule has 2 aromatic rings. The van der Waals surface area contributed by atoms with Gasteiger partial charge < -0.3 is 14.8 Å². The Morgan fingerprint density at radius 2 is 2.20 bits per heavy atom. The largest absolute Gasteiger partial charge is 0.368 e. The van der Waals surface area contributed by atoms with Crippen LogP contribution < -0.4 is 5.32 Å². The number of carbonyl (C=O) groups is 1. The molecule has 1 aliphatic heterocycles. The molecule has 0 saturated carbocycles. The van der Waals surface area contributed by atoms with Gasteiger partial charge in [-0.1, -0.05) is 0 Å². The molecule has 0 unspecified atom stereocenters. The molecule has 0 aliphatic carbocycles. The van der Waals surface area contributed by atoms with E-state index >= 15 is 0 Å². The van der Waals surface area contributed by atoms with Gasteiger partial charge in [0.15, 0.2) is 5.69 Å². The molecule has 1 aliphatic rings. The van der Waals surface area contributed by atoms with Crippen molar-refractivity contribution in [3.63, 3.8) is 0 Å². The zero-order chi connectivity index (χ0) is 17.8. The van der Waals surface area contributed by atoms with Crippen LogP contribution in [0.4, 0.5) is 5.82 Å². The summed E-state index contributed by atoms with van der Waals surface area (Å²) in [6.45, 7) is 3.31. The van der Waals surface area contributed by atoms with E-state index in [0.29, 0.717) is 25.3 Å². The van der Waals surface area contributed by atoms with E-state index in [1.807, 2.05) is 35.7 Å². The highest BCUT2D eigenvalue weighted by Gasteiger charge is 2.38. The average molecular weight is 339 g/mol. The second-order valence-corrected chi connectivity index (χ2v) is 6.10. The first-order valence-corrected chi connectivity index (χ1v) is 8.36. The zero-order valence-electron chi connectivity index (χ0n) is 14.4. The van der Waals surface area contributed by atoms with Crippen molar-refractivity contribution in [1.82, 2.24) is 24.4 Å². The maximum Gasteiger partial charge on any atom is 0.223 e. The summed E-state index contributed by atoms with van der Waals surface area (Å²) in [5.41, 5.74) is 0.289. The number of hydrogen-bond acceptors (Lipinski definition) is 6. The van der Waals surface area contributed by atoms with E-state index in [9.17, 15) is 4.79 Å². The van der Waals surface area contributed by atoms with Crippen molar-refractivity contribution in [2.75, 3.05) is 18.4 Å². The lowest BCUT2D eigenvalue weighted by Crippen LogP contribution is -2.45. The third-order valence-electron chi connectivity index (χ3n) is 4.61. The Balaban J connectivity index is 1.78. The molecular formula is C17H21N7O. The monoisotopic (exact) mass is 339 g/mol. The lowest BCUT2D eigenvalue weighted by molar-refractivity contribution is -0.138. The lowest BCUT2D eigenvalue weighted by Gasteiger charge is -2.40. The summed E-state index contributed by atoms with van der Waals surface area (Å²) in [5.74, 6) is 1.91. The third kappa shape index (κ3) is 3.45. The van der Waals surface area contributed by atoms with Crippen molar-refractivity contribution in [2.24, 2.45) is 13.0 Å². The van der Waals surface area contributed by atoms with Crippen molar-refractivity contribution in [3.05, 3.63) is 36.3 Å². The maximum absolute atomic E-state index is 12.3. The SMILES string of the molecule is CCN1C(=O)CC[C@H](CNc2cnc(C#N)cn2)[C@H]1c1nccn1C. The number of hydrogen-bond donors (Lipinski definition) is 1. The Morgan fingerprint density at radius 1 is 1.36 bits per heavy atom. The summed E-state index contributed by atoms with van der Waals surface area (Å²) in [4.78, 5) is 26.9. The summed E-state index contributed by atoms with van der Waals surface area (Å²) in [6, 6.07) is 1.89. The molecule has 0 spiro atoms. The van der Waals surface area contributed by atoms with Gasteiger partial charge in [0.25, 0.3) is 0 Å². The van der Waals surface area contributed by atoms with E-state index in [1.54, 1.807) is 12.4 Å². The van der Waals surface area contributed by atoms with Crippen molar-refractivity contribution in [1.29, 1.82) is 5.26 Å². The molecule has 1 N–H and O–H groups in total. The molecule has 1 amide bonds. The van der Waals surface area contributed by atoms with E-state index in [2.05, 4.69) is 20.3 Å². The predicted molar refractivity (Wildman–Crippen MR) is 91.3 cm³/mol. The van der Waals surface area contributed by atoms with Crippen LogP contribution in [-0.4, -0.2) is 43.4 Å². The summed E-state index contributed by atoms with van der Waals surface area (Å²) in [5, 5.41) is 12.1. The number of piperidine rings is 1. The van der Waals surface area contributed by atoms with Gasteiger partial charge in [0.05, 0.1) is 18.4 Å². The molecule has 1 saturated heterocycles. The average Bonchev–Trinajstić information content (AvgIpc) is 3.06. The second-order valence-electron chi connectivity index (χ2n) is 6.10. The fourth-order valence-electron chi connectivity index (χ4n) is 3.33. The number of rotatable bonds is 5. The molecule has 1 fully saturated rings. The number of aryl methyl sites for hydroxylation is 1. The molecule has 3 rings (SSSR count). The van der Waals surface area contributed by atoms with Gasteiger partial charge in [0, 0.05) is 44.9 Å². The summed E-state index contributed by atoms with van der Waals surface area (Å²) in [7, 11) is 1.95. The molecular weight excluding hydrogens is 318 g/mol. The number of likely N-dealkylation sites (tertiary alicyclic amines) is 1. The van der Waals surface area contributed by atoms with Gasteiger partial charge in [-0.25, -0.2) is 15.0 Å². The number of aromatic nitrogens is 4. The van der Waals surface area contributed by atoms with E-state index in [4.69, 9.17) is 5.26 Å². The van der Waals surface area contributed by atoms with E-state index in [1.165, 1.54) is 6.20 Å². The van der Waals surface area contributed by atoms with Crippen LogP contribution in [0.25, 0.3) is 0 Å². The number of anilines is 1. The maximum atomic E-state index is 12.3. The minimum Gasteiger partial charge on any atom is -0.368 e. The molecule has 130 valence electrons.